The summed E-state index contributed by atoms with van der Waals surface area (Å²) < 4.78 is 6.71. The zero-order valence-corrected chi connectivity index (χ0v) is 10.8. The minimum absolute atomic E-state index is 0.265. The molecule has 1 aromatic carbocycles. The summed E-state index contributed by atoms with van der Waals surface area (Å²) in [6, 6.07) is 7.57. The van der Waals surface area contributed by atoms with Gasteiger partial charge in [-0.05, 0) is 32.9 Å². The number of thiophene rings is 1. The maximum atomic E-state index is 11.2. The lowest BCUT2D eigenvalue weighted by molar-refractivity contribution is 0.0689. The summed E-state index contributed by atoms with van der Waals surface area (Å²) in [4.78, 5) is 11.5. The number of rotatable bonds is 2. The van der Waals surface area contributed by atoms with Crippen LogP contribution in [0.2, 0.25) is 0 Å². The van der Waals surface area contributed by atoms with Crippen molar-refractivity contribution in [2.24, 2.45) is 0 Å². The van der Waals surface area contributed by atoms with Gasteiger partial charge < -0.3 is 9.84 Å². The van der Waals surface area contributed by atoms with Crippen LogP contribution in [0.1, 0.15) is 30.4 Å². The van der Waals surface area contributed by atoms with Crippen molar-refractivity contribution in [1.29, 1.82) is 0 Å². The first kappa shape index (κ1) is 11.9. The Kier molecular flexibility index (Phi) is 2.83. The smallest absolute Gasteiger partial charge is 0.349 e. The quantitative estimate of drug-likeness (QED) is 0.882. The summed E-state index contributed by atoms with van der Waals surface area (Å²) in [5.74, 6) is -0.462. The molecule has 3 nitrogen and oxygen atoms in total. The maximum absolute atomic E-state index is 11.2. The predicted molar refractivity (Wildman–Crippen MR) is 69.2 cm³/mol. The van der Waals surface area contributed by atoms with E-state index in [4.69, 9.17) is 4.74 Å². The van der Waals surface area contributed by atoms with Gasteiger partial charge in [0.05, 0.1) is 0 Å². The summed E-state index contributed by atoms with van der Waals surface area (Å²) in [6.45, 7) is 5.72. The molecular weight excluding hydrogens is 236 g/mol. The number of benzene rings is 1. The van der Waals surface area contributed by atoms with Crippen LogP contribution in [0.4, 0.5) is 0 Å². The van der Waals surface area contributed by atoms with E-state index in [0.29, 0.717) is 5.75 Å². The number of carboxylic acids is 1. The molecule has 4 heteroatoms. The van der Waals surface area contributed by atoms with E-state index in [2.05, 4.69) is 0 Å². The Morgan fingerprint density at radius 3 is 2.53 bits per heavy atom. The fraction of sp³-hybridized carbons (Fsp3) is 0.308. The highest BCUT2D eigenvalue weighted by molar-refractivity contribution is 7.21. The highest BCUT2D eigenvalue weighted by Crippen LogP contribution is 2.39. The fourth-order valence-electron chi connectivity index (χ4n) is 1.57. The first-order valence-corrected chi connectivity index (χ1v) is 6.14. The third kappa shape index (κ3) is 2.42. The van der Waals surface area contributed by atoms with Crippen molar-refractivity contribution in [2.75, 3.05) is 0 Å². The van der Waals surface area contributed by atoms with Gasteiger partial charge in [0.25, 0.3) is 0 Å². The minimum atomic E-state index is -0.939. The third-order valence-corrected chi connectivity index (χ3v) is 3.29. The number of fused-ring (bicyclic) bond motifs is 1. The van der Waals surface area contributed by atoms with Gasteiger partial charge in [0.1, 0.15) is 5.60 Å². The molecule has 1 N–H and O–H groups in total. The third-order valence-electron chi connectivity index (χ3n) is 2.15. The van der Waals surface area contributed by atoms with E-state index < -0.39 is 11.6 Å². The van der Waals surface area contributed by atoms with Crippen LogP contribution in [0.15, 0.2) is 24.3 Å². The zero-order chi connectivity index (χ0) is 12.6. The van der Waals surface area contributed by atoms with Crippen molar-refractivity contribution in [2.45, 2.75) is 26.4 Å². The second-order valence-electron chi connectivity index (χ2n) is 4.78. The summed E-state index contributed by atoms with van der Waals surface area (Å²) in [7, 11) is 0. The lowest BCUT2D eigenvalue weighted by atomic mass is 10.1. The molecule has 0 aliphatic rings. The lowest BCUT2D eigenvalue weighted by Crippen LogP contribution is -2.23. The molecule has 0 unspecified atom stereocenters. The Morgan fingerprint density at radius 1 is 1.29 bits per heavy atom. The number of hydrogen-bond donors (Lipinski definition) is 1. The first-order valence-electron chi connectivity index (χ1n) is 5.32. The lowest BCUT2D eigenvalue weighted by Gasteiger charge is -2.21. The van der Waals surface area contributed by atoms with E-state index in [9.17, 15) is 9.90 Å². The van der Waals surface area contributed by atoms with Crippen LogP contribution in [0.25, 0.3) is 10.1 Å². The number of carboxylic acid groups (broad SMARTS) is 1. The fourth-order valence-corrected chi connectivity index (χ4v) is 2.54. The number of ether oxygens (including phenoxy) is 1. The molecule has 0 saturated carbocycles. The van der Waals surface area contributed by atoms with Crippen molar-refractivity contribution in [1.82, 2.24) is 0 Å². The molecule has 2 rings (SSSR count). The normalized spacial score (nSPS) is 11.7. The van der Waals surface area contributed by atoms with Crippen molar-refractivity contribution < 1.29 is 14.6 Å². The molecule has 0 radical (unpaired) electrons. The van der Waals surface area contributed by atoms with Gasteiger partial charge in [-0.25, -0.2) is 4.79 Å². The molecule has 0 fully saturated rings. The standard InChI is InChI=1S/C13H14O3S/c1-13(2,3)16-10-8-6-4-5-7-9(8)17-11(10)12(14)15/h4-7H,1-3H3,(H,14,15). The molecule has 90 valence electrons. The highest BCUT2D eigenvalue weighted by atomic mass is 32.1. The Bertz CT molecular complexity index is 564. The second-order valence-corrected chi connectivity index (χ2v) is 5.83. The molecule has 0 aliphatic carbocycles. The van der Waals surface area contributed by atoms with Crippen LogP contribution in [0.5, 0.6) is 5.75 Å². The second kappa shape index (κ2) is 4.04. The van der Waals surface area contributed by atoms with Gasteiger partial charge in [-0.3, -0.25) is 0 Å². The topological polar surface area (TPSA) is 46.5 Å². The van der Waals surface area contributed by atoms with Gasteiger partial charge in [0.15, 0.2) is 10.6 Å². The molecule has 0 spiro atoms. The molecular formula is C13H14O3S. The monoisotopic (exact) mass is 250 g/mol. The van der Waals surface area contributed by atoms with Gasteiger partial charge in [-0.1, -0.05) is 12.1 Å². The van der Waals surface area contributed by atoms with Crippen LogP contribution < -0.4 is 4.74 Å². The van der Waals surface area contributed by atoms with E-state index >= 15 is 0 Å². The molecule has 0 saturated heterocycles. The minimum Gasteiger partial charge on any atom is -0.486 e. The van der Waals surface area contributed by atoms with Crippen LogP contribution >= 0.6 is 11.3 Å². The van der Waals surface area contributed by atoms with Crippen molar-refractivity contribution in [3.8, 4) is 5.75 Å². The first-order chi connectivity index (χ1) is 7.88. The summed E-state index contributed by atoms with van der Waals surface area (Å²) >= 11 is 1.25. The van der Waals surface area contributed by atoms with Crippen molar-refractivity contribution in [3.05, 3.63) is 29.1 Å². The number of hydrogen-bond acceptors (Lipinski definition) is 3. The Balaban J connectivity index is 2.64. The molecule has 1 heterocycles. The SMILES string of the molecule is CC(C)(C)Oc1c(C(=O)O)sc2ccccc12. The highest BCUT2D eigenvalue weighted by Gasteiger charge is 2.23. The molecule has 1 aromatic heterocycles. The molecule has 0 aliphatic heterocycles. The van der Waals surface area contributed by atoms with Crippen molar-refractivity contribution in [3.63, 3.8) is 0 Å². The van der Waals surface area contributed by atoms with Crippen LogP contribution in [-0.4, -0.2) is 16.7 Å². The van der Waals surface area contributed by atoms with E-state index in [1.54, 1.807) is 0 Å². The molecule has 0 bridgehead atoms. The molecule has 0 atom stereocenters. The van der Waals surface area contributed by atoms with Crippen molar-refractivity contribution >= 4 is 27.4 Å². The Morgan fingerprint density at radius 2 is 1.94 bits per heavy atom. The van der Waals surface area contributed by atoms with Gasteiger partial charge in [-0.2, -0.15) is 0 Å². The predicted octanol–water partition coefficient (Wildman–Crippen LogP) is 3.78. The van der Waals surface area contributed by atoms with Gasteiger partial charge >= 0.3 is 5.97 Å². The van der Waals surface area contributed by atoms with E-state index in [-0.39, 0.29) is 4.88 Å². The number of carbonyl (C=O) groups is 1. The summed E-state index contributed by atoms with van der Waals surface area (Å²) in [5.41, 5.74) is -0.409. The molecule has 2 aromatic rings. The summed E-state index contributed by atoms with van der Waals surface area (Å²) in [5, 5.41) is 10.1. The van der Waals surface area contributed by atoms with Crippen LogP contribution in [0.3, 0.4) is 0 Å². The maximum Gasteiger partial charge on any atom is 0.349 e. The number of aromatic carboxylic acids is 1. The van der Waals surface area contributed by atoms with Crippen LogP contribution in [0, 0.1) is 0 Å². The Labute approximate surface area is 104 Å². The Hall–Kier alpha value is -1.55. The zero-order valence-electron chi connectivity index (χ0n) is 9.98. The average Bonchev–Trinajstić information content (AvgIpc) is 2.55. The summed E-state index contributed by atoms with van der Waals surface area (Å²) in [6.07, 6.45) is 0. The van der Waals surface area contributed by atoms with E-state index in [1.807, 2.05) is 45.0 Å². The van der Waals surface area contributed by atoms with Gasteiger partial charge in [0.2, 0.25) is 0 Å². The van der Waals surface area contributed by atoms with Gasteiger partial charge in [0, 0.05) is 10.1 Å². The molecule has 0 amide bonds. The van der Waals surface area contributed by atoms with E-state index in [0.717, 1.165) is 10.1 Å². The van der Waals surface area contributed by atoms with E-state index in [1.165, 1.54) is 11.3 Å². The van der Waals surface area contributed by atoms with Crippen LogP contribution in [-0.2, 0) is 0 Å². The molecule has 17 heavy (non-hydrogen) atoms. The van der Waals surface area contributed by atoms with Gasteiger partial charge in [-0.15, -0.1) is 11.3 Å². The largest absolute Gasteiger partial charge is 0.486 e. The average molecular weight is 250 g/mol.